The van der Waals surface area contributed by atoms with Crippen molar-refractivity contribution in [1.82, 2.24) is 0 Å². The Bertz CT molecular complexity index is 379. The van der Waals surface area contributed by atoms with E-state index in [1.54, 1.807) is 0 Å². The van der Waals surface area contributed by atoms with Gasteiger partial charge >= 0.3 is 0 Å². The summed E-state index contributed by atoms with van der Waals surface area (Å²) in [5.74, 6) is 0.721. The van der Waals surface area contributed by atoms with E-state index in [1.165, 1.54) is 0 Å². The first kappa shape index (κ1) is 16.0. The normalized spacial score (nSPS) is 13.3. The van der Waals surface area contributed by atoms with Crippen LogP contribution in [0.15, 0.2) is 24.3 Å². The topological polar surface area (TPSA) is 64.7 Å². The minimum absolute atomic E-state index is 0.205. The fourth-order valence-electron chi connectivity index (χ4n) is 1.47. The molecule has 0 aliphatic carbocycles. The summed E-state index contributed by atoms with van der Waals surface area (Å²) >= 11 is 0. The lowest BCUT2D eigenvalue weighted by molar-refractivity contribution is -0.0695. The molecule has 1 aromatic rings. The summed E-state index contributed by atoms with van der Waals surface area (Å²) in [4.78, 5) is 0. The van der Waals surface area contributed by atoms with E-state index in [1.807, 2.05) is 38.1 Å². The third-order valence-corrected chi connectivity index (χ3v) is 3.14. The van der Waals surface area contributed by atoms with Gasteiger partial charge < -0.3 is 20.3 Å². The highest BCUT2D eigenvalue weighted by atomic mass is 16.5. The van der Waals surface area contributed by atoms with Crippen molar-refractivity contribution >= 4 is 0 Å². The fraction of sp³-hybridized carbons (Fsp3) is 0.600. The Balaban J connectivity index is 2.40. The third kappa shape index (κ3) is 5.59. The molecule has 0 saturated heterocycles. The number of hydrogen-bond donors (Lipinski definition) is 2. The molecule has 1 rings (SSSR count). The molecule has 1 aromatic carbocycles. The largest absolute Gasteiger partial charge is 0.490 e. The quantitative estimate of drug-likeness (QED) is 0.757. The van der Waals surface area contributed by atoms with Crippen LogP contribution in [0.3, 0.4) is 0 Å². The number of hydrogen-bond acceptors (Lipinski definition) is 4. The summed E-state index contributed by atoms with van der Waals surface area (Å²) in [7, 11) is 0. The summed E-state index contributed by atoms with van der Waals surface area (Å²) in [6.45, 7) is 6.96. The molecule has 0 heterocycles. The van der Waals surface area contributed by atoms with Crippen molar-refractivity contribution in [2.75, 3.05) is 13.2 Å². The molecule has 0 fully saturated rings. The predicted octanol–water partition coefficient (Wildman–Crippen LogP) is 2.09. The summed E-state index contributed by atoms with van der Waals surface area (Å²) in [6, 6.07) is 7.57. The summed E-state index contributed by atoms with van der Waals surface area (Å²) in [5, 5.41) is 9.85. The molecule has 4 nitrogen and oxygen atoms in total. The second-order valence-corrected chi connectivity index (χ2v) is 5.20. The van der Waals surface area contributed by atoms with Crippen molar-refractivity contribution in [3.63, 3.8) is 0 Å². The number of ether oxygens (including phenoxy) is 2. The second-order valence-electron chi connectivity index (χ2n) is 5.20. The maximum absolute atomic E-state index is 9.85. The van der Waals surface area contributed by atoms with Crippen LogP contribution in [0.5, 0.6) is 5.75 Å². The maximum atomic E-state index is 9.85. The predicted molar refractivity (Wildman–Crippen MR) is 76.2 cm³/mol. The van der Waals surface area contributed by atoms with Crippen LogP contribution in [0.4, 0.5) is 0 Å². The van der Waals surface area contributed by atoms with Crippen LogP contribution < -0.4 is 10.5 Å². The monoisotopic (exact) mass is 267 g/mol. The van der Waals surface area contributed by atoms with Crippen molar-refractivity contribution in [1.29, 1.82) is 0 Å². The molecule has 4 heteroatoms. The zero-order valence-corrected chi connectivity index (χ0v) is 12.1. The van der Waals surface area contributed by atoms with Gasteiger partial charge in [0, 0.05) is 12.1 Å². The molecule has 0 aromatic heterocycles. The molecule has 0 radical (unpaired) electrons. The van der Waals surface area contributed by atoms with Gasteiger partial charge in [0.2, 0.25) is 0 Å². The molecule has 1 unspecified atom stereocenters. The van der Waals surface area contributed by atoms with Crippen molar-refractivity contribution in [3.8, 4) is 5.75 Å². The fourth-order valence-corrected chi connectivity index (χ4v) is 1.47. The van der Waals surface area contributed by atoms with Gasteiger partial charge in [0.15, 0.2) is 0 Å². The Morgan fingerprint density at radius 1 is 1.26 bits per heavy atom. The lowest BCUT2D eigenvalue weighted by Gasteiger charge is -2.25. The minimum Gasteiger partial charge on any atom is -0.490 e. The minimum atomic E-state index is -0.642. The zero-order valence-electron chi connectivity index (χ0n) is 12.1. The maximum Gasteiger partial charge on any atom is 0.123 e. The van der Waals surface area contributed by atoms with E-state index in [9.17, 15) is 5.11 Å². The van der Waals surface area contributed by atoms with Gasteiger partial charge in [-0.1, -0.05) is 25.1 Å². The van der Waals surface area contributed by atoms with E-state index >= 15 is 0 Å². The molecule has 0 amide bonds. The van der Waals surface area contributed by atoms with Crippen molar-refractivity contribution in [2.24, 2.45) is 5.73 Å². The average molecular weight is 267 g/mol. The molecule has 1 atom stereocenters. The first-order valence-corrected chi connectivity index (χ1v) is 6.71. The highest BCUT2D eigenvalue weighted by Crippen LogP contribution is 2.18. The van der Waals surface area contributed by atoms with Gasteiger partial charge in [0.1, 0.15) is 18.5 Å². The van der Waals surface area contributed by atoms with Crippen LogP contribution in [0.2, 0.25) is 0 Å². The van der Waals surface area contributed by atoms with E-state index in [2.05, 4.69) is 6.92 Å². The number of benzene rings is 1. The van der Waals surface area contributed by atoms with E-state index < -0.39 is 6.10 Å². The van der Waals surface area contributed by atoms with Gasteiger partial charge in [-0.15, -0.1) is 0 Å². The van der Waals surface area contributed by atoms with Crippen LogP contribution >= 0.6 is 0 Å². The molecule has 0 saturated carbocycles. The van der Waals surface area contributed by atoms with Gasteiger partial charge in [-0.3, -0.25) is 0 Å². The Hall–Kier alpha value is -1.10. The van der Waals surface area contributed by atoms with Crippen molar-refractivity contribution in [2.45, 2.75) is 45.4 Å². The summed E-state index contributed by atoms with van der Waals surface area (Å²) in [6.07, 6.45) is 0.257. The van der Waals surface area contributed by atoms with Crippen LogP contribution in [0.1, 0.15) is 32.8 Å². The van der Waals surface area contributed by atoms with Crippen LogP contribution in [-0.4, -0.2) is 30.0 Å². The van der Waals surface area contributed by atoms with Gasteiger partial charge in [-0.05, 0) is 26.3 Å². The molecule has 19 heavy (non-hydrogen) atoms. The SMILES string of the molecule is CCC(C)(C)OCC(O)COc1ccccc1CN. The van der Waals surface area contributed by atoms with E-state index in [4.69, 9.17) is 15.2 Å². The van der Waals surface area contributed by atoms with Crippen molar-refractivity contribution < 1.29 is 14.6 Å². The summed E-state index contributed by atoms with van der Waals surface area (Å²) < 4.78 is 11.2. The van der Waals surface area contributed by atoms with E-state index in [0.717, 1.165) is 17.7 Å². The van der Waals surface area contributed by atoms with Crippen LogP contribution in [0.25, 0.3) is 0 Å². The third-order valence-electron chi connectivity index (χ3n) is 3.14. The van der Waals surface area contributed by atoms with Crippen molar-refractivity contribution in [3.05, 3.63) is 29.8 Å². The lowest BCUT2D eigenvalue weighted by atomic mass is 10.1. The molecule has 3 N–H and O–H groups in total. The first-order chi connectivity index (χ1) is 8.98. The highest BCUT2D eigenvalue weighted by Gasteiger charge is 2.17. The smallest absolute Gasteiger partial charge is 0.123 e. The number of para-hydroxylation sites is 1. The Labute approximate surface area is 115 Å². The standard InChI is InChI=1S/C15H25NO3/c1-4-15(2,3)19-11-13(17)10-18-14-8-6-5-7-12(14)9-16/h5-8,13,17H,4,9-11,16H2,1-3H3. The molecule has 0 aliphatic rings. The summed E-state index contributed by atoms with van der Waals surface area (Å²) in [5.41, 5.74) is 6.35. The Morgan fingerprint density at radius 3 is 2.58 bits per heavy atom. The Morgan fingerprint density at radius 2 is 1.95 bits per heavy atom. The van der Waals surface area contributed by atoms with E-state index in [0.29, 0.717) is 6.54 Å². The van der Waals surface area contributed by atoms with Gasteiger partial charge in [-0.25, -0.2) is 0 Å². The molecule has 0 spiro atoms. The molecular weight excluding hydrogens is 242 g/mol. The number of nitrogens with two attached hydrogens (primary N) is 1. The highest BCUT2D eigenvalue weighted by molar-refractivity contribution is 5.32. The molecular formula is C15H25NO3. The first-order valence-electron chi connectivity index (χ1n) is 6.71. The number of aliphatic hydroxyl groups is 1. The zero-order chi connectivity index (χ0) is 14.3. The molecule has 0 bridgehead atoms. The van der Waals surface area contributed by atoms with Gasteiger partial charge in [-0.2, -0.15) is 0 Å². The number of aliphatic hydroxyl groups excluding tert-OH is 1. The Kier molecular flexibility index (Phi) is 6.28. The molecule has 0 aliphatic heterocycles. The van der Waals surface area contributed by atoms with Gasteiger partial charge in [0.25, 0.3) is 0 Å². The lowest BCUT2D eigenvalue weighted by Crippen LogP contribution is -2.31. The van der Waals surface area contributed by atoms with Crippen LogP contribution in [-0.2, 0) is 11.3 Å². The van der Waals surface area contributed by atoms with Crippen LogP contribution in [0, 0.1) is 0 Å². The van der Waals surface area contributed by atoms with E-state index in [-0.39, 0.29) is 18.8 Å². The number of rotatable bonds is 8. The molecule has 108 valence electrons. The average Bonchev–Trinajstić information content (AvgIpc) is 2.43. The van der Waals surface area contributed by atoms with Gasteiger partial charge in [0.05, 0.1) is 12.2 Å². The second kappa shape index (κ2) is 7.48.